The third kappa shape index (κ3) is 5.63. The number of ether oxygens (including phenoxy) is 1. The van der Waals surface area contributed by atoms with Gasteiger partial charge in [0.2, 0.25) is 5.95 Å². The maximum Gasteiger partial charge on any atom is 0.407 e. The van der Waals surface area contributed by atoms with E-state index in [-0.39, 0.29) is 17.6 Å². The van der Waals surface area contributed by atoms with Crippen molar-refractivity contribution in [3.05, 3.63) is 35.6 Å². The zero-order valence-electron chi connectivity index (χ0n) is 19.1. The number of nitrogens with one attached hydrogen (secondary N) is 2. The number of benzene rings is 1. The van der Waals surface area contributed by atoms with E-state index in [1.807, 2.05) is 26.8 Å². The van der Waals surface area contributed by atoms with Gasteiger partial charge < -0.3 is 20.3 Å². The number of aromatic nitrogens is 2. The van der Waals surface area contributed by atoms with Gasteiger partial charge >= 0.3 is 6.09 Å². The predicted molar refractivity (Wildman–Crippen MR) is 121 cm³/mol. The number of hydrogen-bond donors (Lipinski definition) is 2. The minimum atomic E-state index is -0.593. The summed E-state index contributed by atoms with van der Waals surface area (Å²) >= 11 is 0. The molecule has 0 saturated carbocycles. The van der Waals surface area contributed by atoms with Crippen molar-refractivity contribution in [1.29, 1.82) is 5.26 Å². The van der Waals surface area contributed by atoms with Gasteiger partial charge in [0.1, 0.15) is 23.3 Å². The highest BCUT2D eigenvalue weighted by Crippen LogP contribution is 2.29. The Morgan fingerprint density at radius 1 is 1.28 bits per heavy atom. The highest BCUT2D eigenvalue weighted by molar-refractivity contribution is 5.69. The molecule has 9 heteroatoms. The molecule has 0 unspecified atom stereocenters. The first kappa shape index (κ1) is 23.3. The Morgan fingerprint density at radius 3 is 2.66 bits per heavy atom. The molecule has 2 heterocycles. The quantitative estimate of drug-likeness (QED) is 0.738. The van der Waals surface area contributed by atoms with Gasteiger partial charge in [0.25, 0.3) is 0 Å². The maximum atomic E-state index is 14.2. The second kappa shape index (κ2) is 9.39. The molecule has 2 N–H and O–H groups in total. The predicted octanol–water partition coefficient (Wildman–Crippen LogP) is 4.08. The fourth-order valence-corrected chi connectivity index (χ4v) is 3.62. The second-order valence-corrected chi connectivity index (χ2v) is 8.91. The van der Waals surface area contributed by atoms with Gasteiger partial charge in [-0.1, -0.05) is 6.07 Å². The van der Waals surface area contributed by atoms with E-state index >= 15 is 0 Å². The highest BCUT2D eigenvalue weighted by Gasteiger charge is 2.29. The second-order valence-electron chi connectivity index (χ2n) is 8.91. The lowest BCUT2D eigenvalue weighted by Gasteiger charge is -2.39. The highest BCUT2D eigenvalue weighted by atomic mass is 19.1. The van der Waals surface area contributed by atoms with Crippen molar-refractivity contribution in [1.82, 2.24) is 15.3 Å². The fraction of sp³-hybridized carbons (Fsp3) is 0.478. The summed E-state index contributed by atoms with van der Waals surface area (Å²) < 4.78 is 19.6. The molecule has 1 amide bonds. The van der Waals surface area contributed by atoms with E-state index in [0.717, 1.165) is 12.8 Å². The Morgan fingerprint density at radius 2 is 2.03 bits per heavy atom. The molecule has 1 saturated heterocycles. The standard InChI is InChI=1S/C23H29FN6O2/c1-14-6-9-17(27-22(31)32-23(2,3)4)13-30(14)20-11-19(28-21(26-5)29-20)15-7-8-16(12-25)18(24)10-15/h7-8,10-11,14,17H,6,9,13H2,1-5H3,(H,27,31)(H,26,28,29)/t14-,17+/m0/s1. The van der Waals surface area contributed by atoms with E-state index in [9.17, 15) is 9.18 Å². The van der Waals surface area contributed by atoms with Crippen LogP contribution in [0, 0.1) is 17.1 Å². The molecule has 1 fully saturated rings. The van der Waals surface area contributed by atoms with Gasteiger partial charge in [-0.05, 0) is 52.7 Å². The molecule has 0 aliphatic carbocycles. The van der Waals surface area contributed by atoms with Gasteiger partial charge in [0.15, 0.2) is 0 Å². The number of hydrogen-bond acceptors (Lipinski definition) is 7. The molecular weight excluding hydrogens is 411 g/mol. The molecule has 8 nitrogen and oxygen atoms in total. The van der Waals surface area contributed by atoms with Crippen molar-refractivity contribution in [2.45, 2.75) is 58.2 Å². The third-order valence-corrected chi connectivity index (χ3v) is 5.22. The molecule has 1 aliphatic rings. The normalized spacial score (nSPS) is 18.6. The number of rotatable bonds is 4. The lowest BCUT2D eigenvalue weighted by Crippen LogP contribution is -2.52. The first-order valence-corrected chi connectivity index (χ1v) is 10.6. The topological polar surface area (TPSA) is 103 Å². The number of halogens is 1. The first-order valence-electron chi connectivity index (χ1n) is 10.6. The van der Waals surface area contributed by atoms with E-state index in [4.69, 9.17) is 10.00 Å². The van der Waals surface area contributed by atoms with Gasteiger partial charge in [0, 0.05) is 37.3 Å². The first-order chi connectivity index (χ1) is 15.1. The lowest BCUT2D eigenvalue weighted by atomic mass is 9.99. The summed E-state index contributed by atoms with van der Waals surface area (Å²) in [6, 6.07) is 8.13. The molecular formula is C23H29FN6O2. The SMILES string of the molecule is CNc1nc(-c2ccc(C#N)c(F)c2)cc(N2C[C@H](NC(=O)OC(C)(C)C)CC[C@@H]2C)n1. The lowest BCUT2D eigenvalue weighted by molar-refractivity contribution is 0.0497. The van der Waals surface area contributed by atoms with Gasteiger partial charge in [-0.25, -0.2) is 14.2 Å². The van der Waals surface area contributed by atoms with Crippen molar-refractivity contribution in [3.8, 4) is 17.3 Å². The number of nitriles is 1. The van der Waals surface area contributed by atoms with Crippen molar-refractivity contribution >= 4 is 17.9 Å². The molecule has 0 spiro atoms. The van der Waals surface area contributed by atoms with E-state index in [0.29, 0.717) is 29.6 Å². The Labute approximate surface area is 187 Å². The summed E-state index contributed by atoms with van der Waals surface area (Å²) in [6.45, 7) is 8.15. The van der Waals surface area contributed by atoms with Crippen molar-refractivity contribution in [2.24, 2.45) is 0 Å². The van der Waals surface area contributed by atoms with Crippen LogP contribution in [-0.4, -0.2) is 47.3 Å². The average Bonchev–Trinajstić information content (AvgIpc) is 2.73. The number of amides is 1. The van der Waals surface area contributed by atoms with Crippen LogP contribution in [-0.2, 0) is 4.74 Å². The summed E-state index contributed by atoms with van der Waals surface area (Å²) in [5, 5.41) is 14.9. The Kier molecular flexibility index (Phi) is 6.82. The summed E-state index contributed by atoms with van der Waals surface area (Å²) in [4.78, 5) is 23.4. The number of alkyl carbamates (subject to hydrolysis) is 1. The van der Waals surface area contributed by atoms with Crippen LogP contribution >= 0.6 is 0 Å². The van der Waals surface area contributed by atoms with E-state index in [1.165, 1.54) is 12.1 Å². The Hall–Kier alpha value is -3.41. The number of piperidine rings is 1. The molecule has 2 aromatic rings. The number of nitrogens with zero attached hydrogens (tertiary/aromatic N) is 4. The molecule has 1 aliphatic heterocycles. The van der Waals surface area contributed by atoms with Crippen LogP contribution in [0.1, 0.15) is 46.1 Å². The minimum Gasteiger partial charge on any atom is -0.444 e. The van der Waals surface area contributed by atoms with E-state index in [1.54, 1.807) is 19.2 Å². The molecule has 0 bridgehead atoms. The fourth-order valence-electron chi connectivity index (χ4n) is 3.62. The van der Waals surface area contributed by atoms with Gasteiger partial charge in [0.05, 0.1) is 11.3 Å². The zero-order chi connectivity index (χ0) is 23.5. The van der Waals surface area contributed by atoms with Crippen LogP contribution in [0.2, 0.25) is 0 Å². The minimum absolute atomic E-state index is 0.0161. The molecule has 1 aromatic heterocycles. The number of carbonyl (C=O) groups excluding carboxylic acids is 1. The molecule has 1 aromatic carbocycles. The van der Waals surface area contributed by atoms with Crippen LogP contribution in [0.5, 0.6) is 0 Å². The van der Waals surface area contributed by atoms with Crippen LogP contribution in [0.25, 0.3) is 11.3 Å². The van der Waals surface area contributed by atoms with Gasteiger partial charge in [-0.15, -0.1) is 0 Å². The van der Waals surface area contributed by atoms with Gasteiger partial charge in [-0.3, -0.25) is 0 Å². The van der Waals surface area contributed by atoms with Crippen LogP contribution < -0.4 is 15.5 Å². The smallest absolute Gasteiger partial charge is 0.407 e. The van der Waals surface area contributed by atoms with Crippen molar-refractivity contribution in [3.63, 3.8) is 0 Å². The van der Waals surface area contributed by atoms with E-state index in [2.05, 4.69) is 32.4 Å². The van der Waals surface area contributed by atoms with Crippen LogP contribution in [0.15, 0.2) is 24.3 Å². The summed E-state index contributed by atoms with van der Waals surface area (Å²) in [7, 11) is 1.72. The monoisotopic (exact) mass is 440 g/mol. The van der Waals surface area contributed by atoms with Crippen molar-refractivity contribution < 1.29 is 13.9 Å². The molecule has 3 rings (SSSR count). The van der Waals surface area contributed by atoms with Crippen LogP contribution in [0.4, 0.5) is 21.0 Å². The average molecular weight is 441 g/mol. The molecule has 32 heavy (non-hydrogen) atoms. The molecule has 2 atom stereocenters. The molecule has 0 radical (unpaired) electrons. The van der Waals surface area contributed by atoms with Gasteiger partial charge in [-0.2, -0.15) is 10.2 Å². The Balaban J connectivity index is 1.87. The van der Waals surface area contributed by atoms with Crippen LogP contribution in [0.3, 0.4) is 0 Å². The largest absolute Gasteiger partial charge is 0.444 e. The summed E-state index contributed by atoms with van der Waals surface area (Å²) in [6.07, 6.45) is 1.25. The Bertz CT molecular complexity index is 1030. The van der Waals surface area contributed by atoms with Crippen molar-refractivity contribution in [2.75, 3.05) is 23.8 Å². The maximum absolute atomic E-state index is 14.2. The molecule has 170 valence electrons. The third-order valence-electron chi connectivity index (χ3n) is 5.22. The van der Waals surface area contributed by atoms with E-state index < -0.39 is 17.5 Å². The summed E-state index contributed by atoms with van der Waals surface area (Å²) in [5.41, 5.74) is 0.509. The number of carbonyl (C=O) groups is 1. The number of anilines is 2. The summed E-state index contributed by atoms with van der Waals surface area (Å²) in [5.74, 6) is 0.480. The zero-order valence-corrected chi connectivity index (χ0v) is 19.1.